The molecule has 0 aromatic heterocycles. The fourth-order valence-corrected chi connectivity index (χ4v) is 2.42. The monoisotopic (exact) mass is 221 g/mol. The van der Waals surface area contributed by atoms with Crippen LogP contribution < -0.4 is 5.32 Å². The van der Waals surface area contributed by atoms with Gasteiger partial charge in [0.05, 0.1) is 0 Å². The number of rotatable bonds is 3. The minimum absolute atomic E-state index is 0.546. The van der Waals surface area contributed by atoms with Crippen LogP contribution in [0.2, 0.25) is 0 Å². The number of halogens is 1. The van der Waals surface area contributed by atoms with Crippen molar-refractivity contribution in [3.63, 3.8) is 0 Å². The Labute approximate surface area is 97.1 Å². The van der Waals surface area contributed by atoms with Gasteiger partial charge in [0.2, 0.25) is 0 Å². The van der Waals surface area contributed by atoms with Crippen molar-refractivity contribution < 1.29 is 4.39 Å². The Morgan fingerprint density at radius 1 is 1.19 bits per heavy atom. The normalized spacial score (nSPS) is 23.7. The molecule has 2 rings (SSSR count). The Balaban J connectivity index is 1.88. The highest BCUT2D eigenvalue weighted by Crippen LogP contribution is 2.29. The molecule has 2 heteroatoms. The minimum atomic E-state index is -0.788. The fraction of sp³-hybridized carbons (Fsp3) is 0.571. The van der Waals surface area contributed by atoms with Gasteiger partial charge in [0.1, 0.15) is 6.17 Å². The van der Waals surface area contributed by atoms with Crippen LogP contribution in [0.25, 0.3) is 0 Å². The molecule has 0 amide bonds. The quantitative estimate of drug-likeness (QED) is 0.824. The lowest BCUT2D eigenvalue weighted by molar-refractivity contribution is 0.261. The third kappa shape index (κ3) is 3.31. The molecule has 0 bridgehead atoms. The molecule has 1 aliphatic heterocycles. The van der Waals surface area contributed by atoms with Crippen LogP contribution in [-0.2, 0) is 0 Å². The van der Waals surface area contributed by atoms with Crippen molar-refractivity contribution in [2.75, 3.05) is 13.1 Å². The second-order valence-corrected chi connectivity index (χ2v) is 4.66. The second-order valence-electron chi connectivity index (χ2n) is 4.66. The lowest BCUT2D eigenvalue weighted by Gasteiger charge is -2.16. The van der Waals surface area contributed by atoms with E-state index in [-0.39, 0.29) is 0 Å². The molecule has 0 spiro atoms. The van der Waals surface area contributed by atoms with Crippen molar-refractivity contribution in [1.82, 2.24) is 5.32 Å². The summed E-state index contributed by atoms with van der Waals surface area (Å²) >= 11 is 0. The van der Waals surface area contributed by atoms with Crippen LogP contribution in [0.4, 0.5) is 4.39 Å². The van der Waals surface area contributed by atoms with E-state index in [0.29, 0.717) is 12.3 Å². The molecule has 1 nitrogen and oxygen atoms in total. The average Bonchev–Trinajstić information content (AvgIpc) is 2.59. The lowest BCUT2D eigenvalue weighted by Crippen LogP contribution is -2.14. The molecule has 0 aliphatic carbocycles. The predicted molar refractivity (Wildman–Crippen MR) is 65.1 cm³/mol. The van der Waals surface area contributed by atoms with E-state index in [9.17, 15) is 4.39 Å². The molecule has 2 unspecified atom stereocenters. The Hall–Kier alpha value is -0.890. The number of alkyl halides is 1. The van der Waals surface area contributed by atoms with Crippen molar-refractivity contribution in [2.45, 2.75) is 31.9 Å². The van der Waals surface area contributed by atoms with Crippen LogP contribution in [0.1, 0.15) is 37.4 Å². The van der Waals surface area contributed by atoms with Gasteiger partial charge in [-0.05, 0) is 50.3 Å². The highest BCUT2D eigenvalue weighted by Gasteiger charge is 2.18. The number of nitrogens with one attached hydrogen (secondary N) is 1. The molecule has 1 N–H and O–H groups in total. The van der Waals surface area contributed by atoms with Crippen LogP contribution in [0.5, 0.6) is 0 Å². The summed E-state index contributed by atoms with van der Waals surface area (Å²) in [5.41, 5.74) is 0.833. The third-order valence-corrected chi connectivity index (χ3v) is 3.40. The molecule has 0 radical (unpaired) electrons. The molecule has 1 aromatic rings. The van der Waals surface area contributed by atoms with Crippen molar-refractivity contribution in [3.05, 3.63) is 35.9 Å². The smallest absolute Gasteiger partial charge is 0.125 e. The summed E-state index contributed by atoms with van der Waals surface area (Å²) in [6.45, 7) is 2.14. The van der Waals surface area contributed by atoms with Gasteiger partial charge in [0, 0.05) is 0 Å². The highest BCUT2D eigenvalue weighted by molar-refractivity contribution is 5.17. The zero-order valence-electron chi connectivity index (χ0n) is 9.66. The maximum Gasteiger partial charge on any atom is 0.125 e. The summed E-state index contributed by atoms with van der Waals surface area (Å²) < 4.78 is 14.0. The average molecular weight is 221 g/mol. The van der Waals surface area contributed by atoms with Gasteiger partial charge in [-0.1, -0.05) is 30.3 Å². The van der Waals surface area contributed by atoms with Crippen LogP contribution in [0.3, 0.4) is 0 Å². The van der Waals surface area contributed by atoms with Gasteiger partial charge < -0.3 is 5.32 Å². The summed E-state index contributed by atoms with van der Waals surface area (Å²) in [7, 11) is 0. The first kappa shape index (κ1) is 11.6. The number of benzene rings is 1. The molecule has 16 heavy (non-hydrogen) atoms. The number of hydrogen-bond donors (Lipinski definition) is 1. The zero-order valence-corrected chi connectivity index (χ0v) is 9.66. The summed E-state index contributed by atoms with van der Waals surface area (Å²) in [4.78, 5) is 0. The largest absolute Gasteiger partial charge is 0.317 e. The number of hydrogen-bond acceptors (Lipinski definition) is 1. The summed E-state index contributed by atoms with van der Waals surface area (Å²) in [5, 5.41) is 3.37. The third-order valence-electron chi connectivity index (χ3n) is 3.40. The molecule has 1 saturated heterocycles. The van der Waals surface area contributed by atoms with Crippen molar-refractivity contribution >= 4 is 0 Å². The Kier molecular flexibility index (Phi) is 4.34. The molecule has 2 atom stereocenters. The van der Waals surface area contributed by atoms with Gasteiger partial charge in [-0.2, -0.15) is 0 Å². The first-order valence-corrected chi connectivity index (χ1v) is 6.26. The van der Waals surface area contributed by atoms with E-state index < -0.39 is 6.17 Å². The fourth-order valence-electron chi connectivity index (χ4n) is 2.42. The standard InChI is InChI=1S/C14H20FN/c15-14(13-6-2-1-3-7-13)11-12-5-4-9-16-10-8-12/h1-3,6-7,12,14,16H,4-5,8-11H2. The summed E-state index contributed by atoms with van der Waals surface area (Å²) in [6.07, 6.45) is 3.37. The molecule has 88 valence electrons. The lowest BCUT2D eigenvalue weighted by atomic mass is 9.92. The predicted octanol–water partition coefficient (Wildman–Crippen LogP) is 3.48. The maximum absolute atomic E-state index is 14.0. The van der Waals surface area contributed by atoms with E-state index in [1.54, 1.807) is 0 Å². The topological polar surface area (TPSA) is 12.0 Å². The Morgan fingerprint density at radius 3 is 2.81 bits per heavy atom. The Morgan fingerprint density at radius 2 is 2.00 bits per heavy atom. The van der Waals surface area contributed by atoms with E-state index in [2.05, 4.69) is 5.32 Å². The van der Waals surface area contributed by atoms with E-state index in [0.717, 1.165) is 25.1 Å². The first-order valence-electron chi connectivity index (χ1n) is 6.26. The van der Waals surface area contributed by atoms with Crippen LogP contribution in [-0.4, -0.2) is 13.1 Å². The Bertz CT molecular complexity index is 291. The highest BCUT2D eigenvalue weighted by atomic mass is 19.1. The van der Waals surface area contributed by atoms with E-state index >= 15 is 0 Å². The minimum Gasteiger partial charge on any atom is -0.317 e. The second kappa shape index (κ2) is 6.00. The van der Waals surface area contributed by atoms with Gasteiger partial charge in [-0.25, -0.2) is 4.39 Å². The maximum atomic E-state index is 14.0. The van der Waals surface area contributed by atoms with Crippen LogP contribution in [0.15, 0.2) is 30.3 Å². The zero-order chi connectivity index (χ0) is 11.2. The van der Waals surface area contributed by atoms with Gasteiger partial charge >= 0.3 is 0 Å². The summed E-state index contributed by atoms with van der Waals surface area (Å²) in [5.74, 6) is 0.546. The first-order chi connectivity index (χ1) is 7.86. The molecule has 1 aliphatic rings. The van der Waals surface area contributed by atoms with E-state index in [1.807, 2.05) is 30.3 Å². The van der Waals surface area contributed by atoms with Crippen molar-refractivity contribution in [1.29, 1.82) is 0 Å². The van der Waals surface area contributed by atoms with Crippen molar-refractivity contribution in [3.8, 4) is 0 Å². The molecule has 1 aromatic carbocycles. The van der Waals surface area contributed by atoms with Gasteiger partial charge in [0.15, 0.2) is 0 Å². The summed E-state index contributed by atoms with van der Waals surface area (Å²) in [6, 6.07) is 9.54. The van der Waals surface area contributed by atoms with Gasteiger partial charge in [-0.15, -0.1) is 0 Å². The SMILES string of the molecule is FC(CC1CCCNCC1)c1ccccc1. The molecular weight excluding hydrogens is 201 g/mol. The molecular formula is C14H20FN. The van der Waals surface area contributed by atoms with E-state index in [1.165, 1.54) is 12.8 Å². The van der Waals surface area contributed by atoms with Gasteiger partial charge in [-0.3, -0.25) is 0 Å². The molecule has 1 heterocycles. The van der Waals surface area contributed by atoms with E-state index in [4.69, 9.17) is 0 Å². The molecule has 0 saturated carbocycles. The molecule has 1 fully saturated rings. The van der Waals surface area contributed by atoms with Gasteiger partial charge in [0.25, 0.3) is 0 Å². The van der Waals surface area contributed by atoms with Crippen LogP contribution in [0, 0.1) is 5.92 Å². The van der Waals surface area contributed by atoms with Crippen molar-refractivity contribution in [2.24, 2.45) is 5.92 Å². The van der Waals surface area contributed by atoms with Crippen LogP contribution >= 0.6 is 0 Å².